The van der Waals surface area contributed by atoms with Crippen molar-refractivity contribution < 1.29 is 8.91 Å². The van der Waals surface area contributed by atoms with Gasteiger partial charge in [0, 0.05) is 12.1 Å². The summed E-state index contributed by atoms with van der Waals surface area (Å²) >= 11 is 6.10. The Balaban J connectivity index is 1.88. The smallest absolute Gasteiger partial charge is 0.261 e. The number of nitrogens with zero attached hydrogens (tertiary/aromatic N) is 2. The van der Waals surface area contributed by atoms with Crippen LogP contribution >= 0.6 is 11.6 Å². The molecule has 1 heterocycles. The largest absolute Gasteiger partial charge is 0.398 e. The van der Waals surface area contributed by atoms with Crippen LogP contribution in [0.25, 0.3) is 11.5 Å². The van der Waals surface area contributed by atoms with Crippen LogP contribution in [0, 0.1) is 5.82 Å². The standard InChI is InChI=1S/C15H11ClFN3O/c16-11-2-1-3-12(18)14(11)15-19-13(20-21-15)8-9-4-6-10(17)7-5-9/h1-7H,8,18H2. The highest BCUT2D eigenvalue weighted by molar-refractivity contribution is 6.33. The number of nitrogens with two attached hydrogens (primary N) is 1. The molecule has 1 aromatic heterocycles. The van der Waals surface area contributed by atoms with Crippen LogP contribution < -0.4 is 5.73 Å². The second-order valence-electron chi connectivity index (χ2n) is 4.52. The number of rotatable bonds is 3. The van der Waals surface area contributed by atoms with E-state index in [1.165, 1.54) is 12.1 Å². The molecule has 3 aromatic rings. The molecule has 0 amide bonds. The van der Waals surface area contributed by atoms with E-state index in [0.717, 1.165) is 5.56 Å². The predicted octanol–water partition coefficient (Wildman–Crippen LogP) is 3.70. The van der Waals surface area contributed by atoms with Crippen molar-refractivity contribution >= 4 is 17.3 Å². The van der Waals surface area contributed by atoms with Crippen LogP contribution in [0.1, 0.15) is 11.4 Å². The fourth-order valence-electron chi connectivity index (χ4n) is 1.98. The minimum Gasteiger partial charge on any atom is -0.398 e. The van der Waals surface area contributed by atoms with Crippen LogP contribution in [0.4, 0.5) is 10.1 Å². The van der Waals surface area contributed by atoms with Crippen molar-refractivity contribution in [2.24, 2.45) is 0 Å². The number of aromatic nitrogens is 2. The molecular weight excluding hydrogens is 293 g/mol. The van der Waals surface area contributed by atoms with Gasteiger partial charge in [0.2, 0.25) is 0 Å². The summed E-state index contributed by atoms with van der Waals surface area (Å²) in [6, 6.07) is 11.3. The van der Waals surface area contributed by atoms with Gasteiger partial charge in [-0.2, -0.15) is 4.98 Å². The van der Waals surface area contributed by atoms with Crippen LogP contribution in [-0.4, -0.2) is 10.1 Å². The second-order valence-corrected chi connectivity index (χ2v) is 4.93. The number of benzene rings is 2. The molecule has 0 aliphatic heterocycles. The quantitative estimate of drug-likeness (QED) is 0.749. The molecule has 4 nitrogen and oxygen atoms in total. The SMILES string of the molecule is Nc1cccc(Cl)c1-c1nc(Cc2ccc(F)cc2)no1. The number of anilines is 1. The van der Waals surface area contributed by atoms with Crippen LogP contribution in [-0.2, 0) is 6.42 Å². The Morgan fingerprint density at radius 2 is 1.90 bits per heavy atom. The first-order valence-electron chi connectivity index (χ1n) is 6.25. The van der Waals surface area contributed by atoms with Crippen LogP contribution in [0.2, 0.25) is 5.02 Å². The molecule has 0 fully saturated rings. The molecule has 0 aliphatic rings. The van der Waals surface area contributed by atoms with Gasteiger partial charge in [0.1, 0.15) is 5.82 Å². The fourth-order valence-corrected chi connectivity index (χ4v) is 2.24. The zero-order chi connectivity index (χ0) is 14.8. The first-order chi connectivity index (χ1) is 10.1. The highest BCUT2D eigenvalue weighted by Gasteiger charge is 2.15. The van der Waals surface area contributed by atoms with Crippen LogP contribution in [0.5, 0.6) is 0 Å². The molecule has 2 aromatic carbocycles. The van der Waals surface area contributed by atoms with E-state index in [1.807, 2.05) is 0 Å². The van der Waals surface area contributed by atoms with E-state index >= 15 is 0 Å². The first kappa shape index (κ1) is 13.6. The minimum atomic E-state index is -0.281. The lowest BCUT2D eigenvalue weighted by atomic mass is 10.1. The van der Waals surface area contributed by atoms with E-state index in [4.69, 9.17) is 21.9 Å². The summed E-state index contributed by atoms with van der Waals surface area (Å²) in [5, 5.41) is 4.35. The molecule has 106 valence electrons. The van der Waals surface area contributed by atoms with Crippen LogP contribution in [0.15, 0.2) is 47.0 Å². The van der Waals surface area contributed by atoms with E-state index in [9.17, 15) is 4.39 Å². The molecule has 0 bridgehead atoms. The molecule has 0 saturated heterocycles. The Hall–Kier alpha value is -2.40. The first-order valence-corrected chi connectivity index (χ1v) is 6.62. The van der Waals surface area contributed by atoms with Crippen molar-refractivity contribution in [2.75, 3.05) is 5.73 Å². The van der Waals surface area contributed by atoms with E-state index in [1.54, 1.807) is 30.3 Å². The van der Waals surface area contributed by atoms with Crippen molar-refractivity contribution in [3.05, 3.63) is 64.7 Å². The lowest BCUT2D eigenvalue weighted by Crippen LogP contribution is -1.93. The summed E-state index contributed by atoms with van der Waals surface area (Å²) < 4.78 is 18.1. The second kappa shape index (κ2) is 5.54. The number of hydrogen-bond acceptors (Lipinski definition) is 4. The van der Waals surface area contributed by atoms with Crippen molar-refractivity contribution in [1.29, 1.82) is 0 Å². The molecule has 0 atom stereocenters. The summed E-state index contributed by atoms with van der Waals surface area (Å²) in [6.07, 6.45) is 0.439. The zero-order valence-electron chi connectivity index (χ0n) is 10.9. The molecule has 2 N–H and O–H groups in total. The number of halogens is 2. The molecule has 21 heavy (non-hydrogen) atoms. The summed E-state index contributed by atoms with van der Waals surface area (Å²) in [7, 11) is 0. The average molecular weight is 304 g/mol. The van der Waals surface area contributed by atoms with Crippen molar-refractivity contribution in [3.63, 3.8) is 0 Å². The Morgan fingerprint density at radius 3 is 2.62 bits per heavy atom. The Bertz CT molecular complexity index is 751. The summed E-state index contributed by atoms with van der Waals surface area (Å²) in [5.74, 6) is 0.475. The molecule has 0 spiro atoms. The van der Waals surface area contributed by atoms with Gasteiger partial charge < -0.3 is 10.3 Å². The normalized spacial score (nSPS) is 10.8. The van der Waals surface area contributed by atoms with Crippen molar-refractivity contribution in [3.8, 4) is 11.5 Å². The summed E-state index contributed by atoms with van der Waals surface area (Å²) in [5.41, 5.74) is 7.76. The molecule has 3 rings (SSSR count). The van der Waals surface area contributed by atoms with Gasteiger partial charge in [0.15, 0.2) is 5.82 Å². The monoisotopic (exact) mass is 303 g/mol. The third-order valence-electron chi connectivity index (χ3n) is 3.00. The van der Waals surface area contributed by atoms with Gasteiger partial charge in [-0.25, -0.2) is 4.39 Å². The predicted molar refractivity (Wildman–Crippen MR) is 78.4 cm³/mol. The molecular formula is C15H11ClFN3O. The van der Waals surface area contributed by atoms with Gasteiger partial charge in [0.05, 0.1) is 10.6 Å². The Morgan fingerprint density at radius 1 is 1.14 bits per heavy atom. The molecule has 0 unspecified atom stereocenters. The van der Waals surface area contributed by atoms with E-state index in [2.05, 4.69) is 10.1 Å². The van der Waals surface area contributed by atoms with Gasteiger partial charge in [-0.3, -0.25) is 0 Å². The summed E-state index contributed by atoms with van der Waals surface area (Å²) in [4.78, 5) is 4.28. The number of nitrogen functional groups attached to an aromatic ring is 1. The fraction of sp³-hybridized carbons (Fsp3) is 0.0667. The van der Waals surface area contributed by atoms with Crippen molar-refractivity contribution in [2.45, 2.75) is 6.42 Å². The highest BCUT2D eigenvalue weighted by atomic mass is 35.5. The lowest BCUT2D eigenvalue weighted by molar-refractivity contribution is 0.424. The molecule has 0 saturated carbocycles. The maximum atomic E-state index is 12.9. The van der Waals surface area contributed by atoms with Gasteiger partial charge >= 0.3 is 0 Å². The Kier molecular flexibility index (Phi) is 3.58. The highest BCUT2D eigenvalue weighted by Crippen LogP contribution is 2.31. The van der Waals surface area contributed by atoms with Gasteiger partial charge in [-0.05, 0) is 29.8 Å². The summed E-state index contributed by atoms with van der Waals surface area (Å²) in [6.45, 7) is 0. The number of hydrogen-bond donors (Lipinski definition) is 1. The van der Waals surface area contributed by atoms with E-state index in [-0.39, 0.29) is 11.7 Å². The average Bonchev–Trinajstić information content (AvgIpc) is 2.89. The maximum absolute atomic E-state index is 12.9. The molecule has 6 heteroatoms. The molecule has 0 aliphatic carbocycles. The van der Waals surface area contributed by atoms with Crippen LogP contribution in [0.3, 0.4) is 0 Å². The minimum absolute atomic E-state index is 0.273. The Labute approximate surface area is 125 Å². The van der Waals surface area contributed by atoms with Gasteiger partial charge in [0.25, 0.3) is 5.89 Å². The van der Waals surface area contributed by atoms with Gasteiger partial charge in [-0.1, -0.05) is 35.0 Å². The molecule has 0 radical (unpaired) electrons. The van der Waals surface area contributed by atoms with E-state index < -0.39 is 0 Å². The third-order valence-corrected chi connectivity index (χ3v) is 3.32. The maximum Gasteiger partial charge on any atom is 0.261 e. The third kappa shape index (κ3) is 2.87. The van der Waals surface area contributed by atoms with E-state index in [0.29, 0.717) is 28.5 Å². The topological polar surface area (TPSA) is 64.9 Å². The van der Waals surface area contributed by atoms with Crippen molar-refractivity contribution in [1.82, 2.24) is 10.1 Å². The van der Waals surface area contributed by atoms with Gasteiger partial charge in [-0.15, -0.1) is 0 Å². The lowest BCUT2D eigenvalue weighted by Gasteiger charge is -2.01. The zero-order valence-corrected chi connectivity index (χ0v) is 11.6.